The Labute approximate surface area is 235 Å². The zero-order valence-corrected chi connectivity index (χ0v) is 22.9. The van der Waals surface area contributed by atoms with Crippen molar-refractivity contribution in [1.82, 2.24) is 39.9 Å². The molecule has 1 aliphatic heterocycles. The van der Waals surface area contributed by atoms with Gasteiger partial charge in [-0.3, -0.25) is 9.58 Å². The summed E-state index contributed by atoms with van der Waals surface area (Å²) in [5.74, 6) is 0.0646. The van der Waals surface area contributed by atoms with Gasteiger partial charge in [0.2, 0.25) is 5.88 Å². The molecule has 0 aromatic carbocycles. The van der Waals surface area contributed by atoms with Gasteiger partial charge in [-0.05, 0) is 63.1 Å². The second-order valence-electron chi connectivity index (χ2n) is 11.9. The van der Waals surface area contributed by atoms with Crippen molar-refractivity contribution >= 4 is 11.0 Å². The molecule has 216 valence electrons. The fourth-order valence-electron chi connectivity index (χ4n) is 5.91. The molecule has 2 aliphatic carbocycles. The molecular formula is C29H33F3N8O. The number of nitrogens with zero attached hydrogens (tertiary/aromatic N) is 6. The van der Waals surface area contributed by atoms with E-state index in [-0.39, 0.29) is 17.5 Å². The van der Waals surface area contributed by atoms with E-state index in [1.165, 1.54) is 0 Å². The molecule has 41 heavy (non-hydrogen) atoms. The molecule has 4 aromatic heterocycles. The Kier molecular flexibility index (Phi) is 6.50. The highest BCUT2D eigenvalue weighted by Crippen LogP contribution is 2.39. The molecule has 2 N–H and O–H groups in total. The summed E-state index contributed by atoms with van der Waals surface area (Å²) in [6, 6.07) is 5.56. The first kappa shape index (κ1) is 26.4. The lowest BCUT2D eigenvalue weighted by atomic mass is 9.84. The largest absolute Gasteiger partial charge is 0.474 e. The lowest BCUT2D eigenvalue weighted by Crippen LogP contribution is -2.50. The van der Waals surface area contributed by atoms with Crippen LogP contribution in [0.1, 0.15) is 62.7 Å². The third-order valence-electron chi connectivity index (χ3n) is 8.84. The lowest BCUT2D eigenvalue weighted by molar-refractivity contribution is -0.141. The van der Waals surface area contributed by atoms with E-state index in [0.29, 0.717) is 24.2 Å². The molecule has 1 saturated heterocycles. The number of nitrogens with one attached hydrogen (secondary N) is 2. The third kappa shape index (κ3) is 5.54. The Morgan fingerprint density at radius 2 is 1.93 bits per heavy atom. The van der Waals surface area contributed by atoms with E-state index in [9.17, 15) is 13.2 Å². The molecule has 5 heterocycles. The maximum Gasteiger partial charge on any atom is 0.433 e. The Balaban J connectivity index is 0.930. The average molecular weight is 567 g/mol. The second kappa shape index (κ2) is 10.1. The molecule has 3 fully saturated rings. The van der Waals surface area contributed by atoms with Crippen molar-refractivity contribution in [2.24, 2.45) is 0 Å². The number of piperidine rings is 1. The summed E-state index contributed by atoms with van der Waals surface area (Å²) in [5, 5.41) is 8.95. The van der Waals surface area contributed by atoms with E-state index in [1.54, 1.807) is 12.4 Å². The van der Waals surface area contributed by atoms with Crippen molar-refractivity contribution in [2.45, 2.75) is 81.9 Å². The number of aromatic nitrogens is 6. The van der Waals surface area contributed by atoms with Gasteiger partial charge in [0.05, 0.1) is 17.9 Å². The number of hydrogen-bond donors (Lipinski definition) is 2. The smallest absolute Gasteiger partial charge is 0.433 e. The molecule has 4 aromatic rings. The molecule has 0 spiro atoms. The van der Waals surface area contributed by atoms with Crippen molar-refractivity contribution in [3.63, 3.8) is 0 Å². The highest BCUT2D eigenvalue weighted by atomic mass is 19.4. The number of hydrogen-bond acceptors (Lipinski definition) is 7. The van der Waals surface area contributed by atoms with Gasteiger partial charge in [0.15, 0.2) is 0 Å². The van der Waals surface area contributed by atoms with E-state index >= 15 is 0 Å². The minimum atomic E-state index is -4.51. The van der Waals surface area contributed by atoms with Crippen LogP contribution in [0.2, 0.25) is 0 Å². The summed E-state index contributed by atoms with van der Waals surface area (Å²) in [4.78, 5) is 18.1. The number of alkyl halides is 3. The molecule has 0 amide bonds. The molecule has 7 rings (SSSR count). The Bertz CT molecular complexity index is 1530. The average Bonchev–Trinajstić information content (AvgIpc) is 3.28. The second-order valence-corrected chi connectivity index (χ2v) is 11.9. The van der Waals surface area contributed by atoms with Gasteiger partial charge < -0.3 is 15.0 Å². The van der Waals surface area contributed by atoms with Crippen molar-refractivity contribution in [1.29, 1.82) is 0 Å². The van der Waals surface area contributed by atoms with Crippen LogP contribution in [0.3, 0.4) is 0 Å². The molecule has 12 heteroatoms. The standard InChI is InChI=1S/C29H33F3N8O/c1-28(5-6-28)36-14-18-10-24(29(30,31)32)38-25(11-18)41-22-3-8-39(9-4-22)20-12-21(13-20)40-16-19(15-37-40)26-23-2-7-33-27(23)35-17-34-26/h2,7,10-11,15-17,20-22,36H,3-6,8-9,12-14H2,1H3,(H,33,34,35). The van der Waals surface area contributed by atoms with Crippen LogP contribution in [0.25, 0.3) is 22.3 Å². The predicted molar refractivity (Wildman–Crippen MR) is 146 cm³/mol. The number of rotatable bonds is 8. The van der Waals surface area contributed by atoms with Crippen molar-refractivity contribution in [2.75, 3.05) is 13.1 Å². The van der Waals surface area contributed by atoms with Crippen LogP contribution in [0.15, 0.2) is 43.1 Å². The van der Waals surface area contributed by atoms with Crippen LogP contribution in [-0.4, -0.2) is 65.4 Å². The number of halogens is 3. The first-order valence-corrected chi connectivity index (χ1v) is 14.3. The molecular weight excluding hydrogens is 533 g/mol. The zero-order valence-electron chi connectivity index (χ0n) is 22.9. The first-order chi connectivity index (χ1) is 19.7. The third-order valence-corrected chi connectivity index (χ3v) is 8.84. The number of aromatic amines is 1. The molecule has 0 unspecified atom stereocenters. The maximum absolute atomic E-state index is 13.5. The fourth-order valence-corrected chi connectivity index (χ4v) is 5.91. The van der Waals surface area contributed by atoms with Gasteiger partial charge >= 0.3 is 6.18 Å². The summed E-state index contributed by atoms with van der Waals surface area (Å²) in [7, 11) is 0. The summed E-state index contributed by atoms with van der Waals surface area (Å²) in [6.07, 6.45) is 8.31. The Hall–Kier alpha value is -3.51. The van der Waals surface area contributed by atoms with Gasteiger partial charge in [-0.25, -0.2) is 15.0 Å². The molecule has 0 radical (unpaired) electrons. The minimum absolute atomic E-state index is 0.0296. The minimum Gasteiger partial charge on any atom is -0.474 e. The van der Waals surface area contributed by atoms with Crippen LogP contribution < -0.4 is 10.1 Å². The van der Waals surface area contributed by atoms with Gasteiger partial charge in [-0.2, -0.15) is 18.3 Å². The summed E-state index contributed by atoms with van der Waals surface area (Å²) < 4.78 is 48.7. The van der Waals surface area contributed by atoms with Gasteiger partial charge in [-0.15, -0.1) is 0 Å². The van der Waals surface area contributed by atoms with E-state index in [0.717, 1.165) is 80.0 Å². The molecule has 3 aliphatic rings. The van der Waals surface area contributed by atoms with Gasteiger partial charge in [0, 0.05) is 60.6 Å². The fraction of sp³-hybridized carbons (Fsp3) is 0.517. The van der Waals surface area contributed by atoms with E-state index in [1.807, 2.05) is 23.1 Å². The number of H-pyrrole nitrogens is 1. The Morgan fingerprint density at radius 1 is 1.12 bits per heavy atom. The number of fused-ring (bicyclic) bond motifs is 1. The van der Waals surface area contributed by atoms with Crippen LogP contribution in [0.4, 0.5) is 13.2 Å². The van der Waals surface area contributed by atoms with E-state index < -0.39 is 11.9 Å². The van der Waals surface area contributed by atoms with Crippen LogP contribution in [0, 0.1) is 0 Å². The van der Waals surface area contributed by atoms with Crippen LogP contribution in [-0.2, 0) is 12.7 Å². The van der Waals surface area contributed by atoms with Crippen molar-refractivity contribution in [3.05, 3.63) is 54.4 Å². The lowest BCUT2D eigenvalue weighted by Gasteiger charge is -2.45. The highest BCUT2D eigenvalue weighted by molar-refractivity contribution is 5.89. The van der Waals surface area contributed by atoms with Crippen molar-refractivity contribution in [3.8, 4) is 17.1 Å². The number of pyridine rings is 1. The number of likely N-dealkylation sites (tertiary alicyclic amines) is 1. The first-order valence-electron chi connectivity index (χ1n) is 14.3. The van der Waals surface area contributed by atoms with Gasteiger partial charge in [-0.1, -0.05) is 0 Å². The molecule has 0 bridgehead atoms. The topological polar surface area (TPSA) is 96.8 Å². The van der Waals surface area contributed by atoms with Crippen molar-refractivity contribution < 1.29 is 17.9 Å². The summed E-state index contributed by atoms with van der Waals surface area (Å²) in [5.41, 5.74) is 2.33. The number of ether oxygens (including phenoxy) is 1. The molecule has 2 saturated carbocycles. The quantitative estimate of drug-likeness (QED) is 0.306. The van der Waals surface area contributed by atoms with E-state index in [2.05, 4.69) is 48.4 Å². The maximum atomic E-state index is 13.5. The molecule has 0 atom stereocenters. The van der Waals surface area contributed by atoms with Gasteiger partial charge in [0.25, 0.3) is 0 Å². The van der Waals surface area contributed by atoms with Gasteiger partial charge in [0.1, 0.15) is 23.8 Å². The SMILES string of the molecule is CC1(NCc2cc(OC3CCN(C4CC(n5cc(-c6ncnc7[nH]ccc67)cn5)C4)CC3)nc(C(F)(F)F)c2)CC1. The van der Waals surface area contributed by atoms with Crippen LogP contribution in [0.5, 0.6) is 5.88 Å². The Morgan fingerprint density at radius 3 is 2.68 bits per heavy atom. The predicted octanol–water partition coefficient (Wildman–Crippen LogP) is 5.12. The monoisotopic (exact) mass is 566 g/mol. The molecule has 9 nitrogen and oxygen atoms in total. The van der Waals surface area contributed by atoms with E-state index in [4.69, 9.17) is 4.74 Å². The normalized spacial score (nSPS) is 23.0. The highest BCUT2D eigenvalue weighted by Gasteiger charge is 2.39. The summed E-state index contributed by atoms with van der Waals surface area (Å²) >= 11 is 0. The zero-order chi connectivity index (χ0) is 28.2. The summed E-state index contributed by atoms with van der Waals surface area (Å²) in [6.45, 7) is 4.16. The van der Waals surface area contributed by atoms with Crippen LogP contribution >= 0.6 is 0 Å².